The third kappa shape index (κ3) is 5.34. The molecule has 2 aliphatic rings. The zero-order chi connectivity index (χ0) is 24.9. The first-order chi connectivity index (χ1) is 16.9. The van der Waals surface area contributed by atoms with Crippen molar-refractivity contribution in [2.45, 2.75) is 64.0 Å². The summed E-state index contributed by atoms with van der Waals surface area (Å²) >= 11 is 0. The number of nitrogens with one attached hydrogen (secondary N) is 2. The Morgan fingerprint density at radius 3 is 2.20 bits per heavy atom. The molecule has 0 spiro atoms. The minimum Gasteiger partial charge on any atom is -0.480 e. The van der Waals surface area contributed by atoms with Crippen LogP contribution in [-0.2, 0) is 14.3 Å². The van der Waals surface area contributed by atoms with E-state index in [1.54, 1.807) is 0 Å². The van der Waals surface area contributed by atoms with E-state index >= 15 is 0 Å². The third-order valence-electron chi connectivity index (χ3n) is 7.53. The summed E-state index contributed by atoms with van der Waals surface area (Å²) in [5, 5.41) is 15.1. The quantitative estimate of drug-likeness (QED) is 0.510. The molecule has 2 amide bonds. The summed E-state index contributed by atoms with van der Waals surface area (Å²) in [6.45, 7) is 3.92. The van der Waals surface area contributed by atoms with Crippen LogP contribution in [0.15, 0.2) is 48.5 Å². The van der Waals surface area contributed by atoms with Crippen molar-refractivity contribution < 1.29 is 24.2 Å². The number of ether oxygens (including phenoxy) is 1. The summed E-state index contributed by atoms with van der Waals surface area (Å²) in [4.78, 5) is 37.4. The fourth-order valence-corrected chi connectivity index (χ4v) is 5.35. The van der Waals surface area contributed by atoms with Crippen LogP contribution in [0.5, 0.6) is 0 Å². The highest BCUT2D eigenvalue weighted by Gasteiger charge is 2.36. The van der Waals surface area contributed by atoms with E-state index in [9.17, 15) is 19.5 Å². The standard InChI is InChI=1S/C28H34N2O5/c1-3-17(2)25(27(32)33)30-26(31)22-14-8-9-15-24(22)29-28(34)35-16-23-20-12-6-4-10-18(20)19-11-5-7-13-21(19)23/h4-7,10-13,17,22-25H,3,8-9,14-16H2,1-2H3,(H,29,34)(H,30,31)(H,32,33)/t17-,22-,24+,25-/m0/s1. The van der Waals surface area contributed by atoms with Gasteiger partial charge in [0.25, 0.3) is 0 Å². The van der Waals surface area contributed by atoms with Crippen LogP contribution >= 0.6 is 0 Å². The van der Waals surface area contributed by atoms with Gasteiger partial charge >= 0.3 is 12.1 Å². The Morgan fingerprint density at radius 2 is 1.60 bits per heavy atom. The first-order valence-electron chi connectivity index (χ1n) is 12.5. The SMILES string of the molecule is CC[C@H](C)[C@H](NC(=O)[C@H]1CCCC[C@H]1NC(=O)OCC1c2ccccc2-c2ccccc21)C(=O)O. The molecule has 0 bridgehead atoms. The molecule has 1 fully saturated rings. The molecule has 2 aromatic carbocycles. The van der Waals surface area contributed by atoms with Crippen LogP contribution in [0.25, 0.3) is 11.1 Å². The second-order valence-electron chi connectivity index (χ2n) is 9.68. The van der Waals surface area contributed by atoms with Gasteiger partial charge in [-0.25, -0.2) is 9.59 Å². The van der Waals surface area contributed by atoms with E-state index in [0.717, 1.165) is 35.1 Å². The summed E-state index contributed by atoms with van der Waals surface area (Å²) in [5.74, 6) is -2.06. The number of amides is 2. The predicted molar refractivity (Wildman–Crippen MR) is 133 cm³/mol. The molecule has 2 aromatic rings. The van der Waals surface area contributed by atoms with E-state index in [0.29, 0.717) is 19.3 Å². The number of benzene rings is 2. The average Bonchev–Trinajstić information content (AvgIpc) is 3.19. The normalized spacial score (nSPS) is 20.7. The summed E-state index contributed by atoms with van der Waals surface area (Å²) in [5.41, 5.74) is 4.60. The Labute approximate surface area is 206 Å². The molecule has 0 saturated heterocycles. The van der Waals surface area contributed by atoms with Gasteiger partial charge in [0.15, 0.2) is 0 Å². The molecule has 35 heavy (non-hydrogen) atoms. The Balaban J connectivity index is 1.39. The zero-order valence-corrected chi connectivity index (χ0v) is 20.3. The van der Waals surface area contributed by atoms with Crippen molar-refractivity contribution in [3.63, 3.8) is 0 Å². The molecular formula is C28H34N2O5. The Bertz CT molecular complexity index is 1040. The van der Waals surface area contributed by atoms with Gasteiger partial charge in [0.1, 0.15) is 12.6 Å². The smallest absolute Gasteiger partial charge is 0.407 e. The van der Waals surface area contributed by atoms with E-state index < -0.39 is 24.0 Å². The zero-order valence-electron chi connectivity index (χ0n) is 20.3. The summed E-state index contributed by atoms with van der Waals surface area (Å²) < 4.78 is 5.67. The fraction of sp³-hybridized carbons (Fsp3) is 0.464. The second-order valence-corrected chi connectivity index (χ2v) is 9.68. The number of rotatable bonds is 8. The molecule has 3 N–H and O–H groups in total. The highest BCUT2D eigenvalue weighted by molar-refractivity contribution is 5.86. The topological polar surface area (TPSA) is 105 Å². The van der Waals surface area contributed by atoms with E-state index in [1.807, 2.05) is 38.1 Å². The first-order valence-corrected chi connectivity index (χ1v) is 12.5. The lowest BCUT2D eigenvalue weighted by Gasteiger charge is -2.32. The van der Waals surface area contributed by atoms with Crippen molar-refractivity contribution in [1.29, 1.82) is 0 Å². The van der Waals surface area contributed by atoms with Gasteiger partial charge in [-0.1, -0.05) is 81.6 Å². The maximum atomic E-state index is 13.0. The van der Waals surface area contributed by atoms with Crippen molar-refractivity contribution in [3.8, 4) is 11.1 Å². The maximum absolute atomic E-state index is 13.0. The van der Waals surface area contributed by atoms with E-state index in [1.165, 1.54) is 0 Å². The molecule has 0 unspecified atom stereocenters. The van der Waals surface area contributed by atoms with Gasteiger partial charge in [-0.05, 0) is 41.0 Å². The Morgan fingerprint density at radius 1 is 1.00 bits per heavy atom. The van der Waals surface area contributed by atoms with Crippen molar-refractivity contribution in [2.24, 2.45) is 11.8 Å². The number of carboxylic acid groups (broad SMARTS) is 1. The van der Waals surface area contributed by atoms with Gasteiger partial charge in [0.2, 0.25) is 5.91 Å². The van der Waals surface area contributed by atoms with Crippen LogP contribution < -0.4 is 10.6 Å². The molecule has 7 nitrogen and oxygen atoms in total. The Hall–Kier alpha value is -3.35. The number of carboxylic acids is 1. The number of carbonyl (C=O) groups is 3. The van der Waals surface area contributed by atoms with E-state index in [2.05, 4.69) is 34.9 Å². The number of alkyl carbamates (subject to hydrolysis) is 1. The maximum Gasteiger partial charge on any atom is 0.407 e. The lowest BCUT2D eigenvalue weighted by molar-refractivity contribution is -0.144. The summed E-state index contributed by atoms with van der Waals surface area (Å²) in [7, 11) is 0. The van der Waals surface area contributed by atoms with Crippen LogP contribution in [0.4, 0.5) is 4.79 Å². The second kappa shape index (κ2) is 10.9. The van der Waals surface area contributed by atoms with Gasteiger partial charge in [-0.3, -0.25) is 4.79 Å². The monoisotopic (exact) mass is 478 g/mol. The molecule has 186 valence electrons. The summed E-state index contributed by atoms with van der Waals surface area (Å²) in [6.07, 6.45) is 3.11. The molecule has 0 heterocycles. The minimum atomic E-state index is -1.04. The van der Waals surface area contributed by atoms with Crippen molar-refractivity contribution >= 4 is 18.0 Å². The van der Waals surface area contributed by atoms with Crippen LogP contribution in [0.1, 0.15) is 63.0 Å². The molecule has 2 aliphatic carbocycles. The van der Waals surface area contributed by atoms with Crippen LogP contribution in [0, 0.1) is 11.8 Å². The van der Waals surface area contributed by atoms with Gasteiger partial charge in [0.05, 0.1) is 5.92 Å². The number of carbonyl (C=O) groups excluding carboxylic acids is 2. The molecule has 4 rings (SSSR count). The number of hydrogen-bond donors (Lipinski definition) is 3. The fourth-order valence-electron chi connectivity index (χ4n) is 5.35. The van der Waals surface area contributed by atoms with Crippen LogP contribution in [0.3, 0.4) is 0 Å². The molecule has 0 radical (unpaired) electrons. The highest BCUT2D eigenvalue weighted by Crippen LogP contribution is 2.44. The molecule has 7 heteroatoms. The van der Waals surface area contributed by atoms with Crippen LogP contribution in [-0.4, -0.2) is 41.8 Å². The number of hydrogen-bond acceptors (Lipinski definition) is 4. The Kier molecular flexibility index (Phi) is 7.73. The number of fused-ring (bicyclic) bond motifs is 3. The van der Waals surface area contributed by atoms with Gasteiger partial charge in [-0.2, -0.15) is 0 Å². The molecule has 4 atom stereocenters. The van der Waals surface area contributed by atoms with Gasteiger partial charge < -0.3 is 20.5 Å². The van der Waals surface area contributed by atoms with Crippen molar-refractivity contribution in [3.05, 3.63) is 59.7 Å². The van der Waals surface area contributed by atoms with E-state index in [4.69, 9.17) is 4.74 Å². The van der Waals surface area contributed by atoms with Crippen LogP contribution in [0.2, 0.25) is 0 Å². The van der Waals surface area contributed by atoms with E-state index in [-0.39, 0.29) is 30.4 Å². The molecule has 0 aromatic heterocycles. The largest absolute Gasteiger partial charge is 0.480 e. The van der Waals surface area contributed by atoms with Gasteiger partial charge in [-0.15, -0.1) is 0 Å². The highest BCUT2D eigenvalue weighted by atomic mass is 16.5. The number of aliphatic carboxylic acids is 1. The molecule has 0 aliphatic heterocycles. The average molecular weight is 479 g/mol. The lowest BCUT2D eigenvalue weighted by atomic mass is 9.83. The summed E-state index contributed by atoms with van der Waals surface area (Å²) in [6, 6.07) is 15.0. The minimum absolute atomic E-state index is 0.0366. The van der Waals surface area contributed by atoms with Crippen molar-refractivity contribution in [1.82, 2.24) is 10.6 Å². The lowest BCUT2D eigenvalue weighted by Crippen LogP contribution is -2.53. The molecular weight excluding hydrogens is 444 g/mol. The molecule has 1 saturated carbocycles. The van der Waals surface area contributed by atoms with Crippen molar-refractivity contribution in [2.75, 3.05) is 6.61 Å². The third-order valence-corrected chi connectivity index (χ3v) is 7.53. The predicted octanol–water partition coefficient (Wildman–Crippen LogP) is 4.70. The first kappa shape index (κ1) is 24.8. The van der Waals surface area contributed by atoms with Gasteiger partial charge in [0, 0.05) is 12.0 Å².